The summed E-state index contributed by atoms with van der Waals surface area (Å²) in [5.74, 6) is 0.852. The molecule has 1 atom stereocenters. The Hall–Kier alpha value is -1.34. The Labute approximate surface area is 145 Å². The average Bonchev–Trinajstić information content (AvgIpc) is 3.26. The molecule has 3 N–H and O–H groups in total. The predicted octanol–water partition coefficient (Wildman–Crippen LogP) is 0.796. The van der Waals surface area contributed by atoms with Crippen molar-refractivity contribution >= 4 is 11.9 Å². The first kappa shape index (κ1) is 19.0. The fourth-order valence-electron chi connectivity index (χ4n) is 3.06. The average molecular weight is 340 g/mol. The van der Waals surface area contributed by atoms with Gasteiger partial charge in [0.15, 0.2) is 5.96 Å². The molecule has 24 heavy (non-hydrogen) atoms. The van der Waals surface area contributed by atoms with Crippen LogP contribution in [0.15, 0.2) is 4.99 Å². The van der Waals surface area contributed by atoms with Crippen molar-refractivity contribution in [3.05, 3.63) is 0 Å². The highest BCUT2D eigenvalue weighted by Gasteiger charge is 2.17. The number of hydrogen-bond acceptors (Lipinski definition) is 4. The van der Waals surface area contributed by atoms with Crippen LogP contribution in [0.3, 0.4) is 0 Å². The molecule has 7 heteroatoms. The monoisotopic (exact) mass is 340 g/mol. The van der Waals surface area contributed by atoms with Gasteiger partial charge in [-0.2, -0.15) is 0 Å². The number of carbonyl (C=O) groups is 1. The summed E-state index contributed by atoms with van der Waals surface area (Å²) in [5, 5.41) is 9.50. The van der Waals surface area contributed by atoms with Gasteiger partial charge in [0.1, 0.15) is 0 Å². The maximum absolute atomic E-state index is 11.9. The van der Waals surface area contributed by atoms with Crippen LogP contribution in [0.5, 0.6) is 0 Å². The SMILES string of the molecule is CN=C(NCCCOC1CCOC1)NCCC(=O)NC1CCCC1. The summed E-state index contributed by atoms with van der Waals surface area (Å²) in [6.07, 6.45) is 7.37. The van der Waals surface area contributed by atoms with Crippen molar-refractivity contribution in [1.82, 2.24) is 16.0 Å². The van der Waals surface area contributed by atoms with Crippen LogP contribution in [0.4, 0.5) is 0 Å². The number of rotatable bonds is 9. The highest BCUT2D eigenvalue weighted by atomic mass is 16.5. The van der Waals surface area contributed by atoms with Gasteiger partial charge in [0, 0.05) is 45.8 Å². The summed E-state index contributed by atoms with van der Waals surface area (Å²) < 4.78 is 11.0. The molecule has 0 bridgehead atoms. The van der Waals surface area contributed by atoms with Gasteiger partial charge in [-0.05, 0) is 25.7 Å². The Morgan fingerprint density at radius 3 is 2.71 bits per heavy atom. The van der Waals surface area contributed by atoms with Crippen molar-refractivity contribution in [3.8, 4) is 0 Å². The molecule has 0 spiro atoms. The van der Waals surface area contributed by atoms with Gasteiger partial charge in [-0.3, -0.25) is 9.79 Å². The zero-order chi connectivity index (χ0) is 17.0. The fraction of sp³-hybridized carbons (Fsp3) is 0.882. The van der Waals surface area contributed by atoms with Crippen molar-refractivity contribution in [2.45, 2.75) is 57.1 Å². The molecule has 0 radical (unpaired) electrons. The quantitative estimate of drug-likeness (QED) is 0.328. The second-order valence-electron chi connectivity index (χ2n) is 6.43. The number of amides is 1. The van der Waals surface area contributed by atoms with Gasteiger partial charge in [0.2, 0.25) is 5.91 Å². The Bertz CT molecular complexity index is 391. The van der Waals surface area contributed by atoms with Crippen molar-refractivity contribution in [1.29, 1.82) is 0 Å². The largest absolute Gasteiger partial charge is 0.379 e. The summed E-state index contributed by atoms with van der Waals surface area (Å²) in [6.45, 7) is 3.64. The molecule has 138 valence electrons. The molecule has 1 heterocycles. The molecule has 1 saturated carbocycles. The van der Waals surface area contributed by atoms with Crippen LogP contribution in [0.1, 0.15) is 44.9 Å². The van der Waals surface area contributed by atoms with Crippen LogP contribution in [0, 0.1) is 0 Å². The minimum Gasteiger partial charge on any atom is -0.379 e. The molecule has 1 aliphatic heterocycles. The number of carbonyl (C=O) groups excluding carboxylic acids is 1. The number of nitrogens with one attached hydrogen (secondary N) is 3. The normalized spacial score (nSPS) is 21.9. The lowest BCUT2D eigenvalue weighted by Crippen LogP contribution is -2.41. The summed E-state index contributed by atoms with van der Waals surface area (Å²) in [4.78, 5) is 16.0. The molecule has 2 rings (SSSR count). The van der Waals surface area contributed by atoms with Crippen molar-refractivity contribution in [2.75, 3.05) is 40.0 Å². The molecular weight excluding hydrogens is 308 g/mol. The van der Waals surface area contributed by atoms with Gasteiger partial charge >= 0.3 is 0 Å². The summed E-state index contributed by atoms with van der Waals surface area (Å²) in [6, 6.07) is 0.389. The standard InChI is InChI=1S/C17H32N4O3/c1-18-17(19-9-4-11-24-15-8-12-23-13-15)20-10-7-16(22)21-14-5-2-3-6-14/h14-15H,2-13H2,1H3,(H,21,22)(H2,18,19,20). The maximum atomic E-state index is 11.9. The van der Waals surface area contributed by atoms with E-state index in [0.717, 1.165) is 58.0 Å². The zero-order valence-corrected chi connectivity index (χ0v) is 14.8. The first-order chi connectivity index (χ1) is 11.8. The van der Waals surface area contributed by atoms with Crippen LogP contribution < -0.4 is 16.0 Å². The van der Waals surface area contributed by atoms with E-state index in [1.54, 1.807) is 7.05 Å². The molecule has 1 unspecified atom stereocenters. The first-order valence-corrected chi connectivity index (χ1v) is 9.21. The van der Waals surface area contributed by atoms with Crippen LogP contribution in [0.25, 0.3) is 0 Å². The number of nitrogens with zero attached hydrogens (tertiary/aromatic N) is 1. The van der Waals surface area contributed by atoms with Gasteiger partial charge in [0.25, 0.3) is 0 Å². The maximum Gasteiger partial charge on any atom is 0.221 e. The van der Waals surface area contributed by atoms with Gasteiger partial charge < -0.3 is 25.4 Å². The highest BCUT2D eigenvalue weighted by Crippen LogP contribution is 2.17. The van der Waals surface area contributed by atoms with E-state index in [0.29, 0.717) is 19.0 Å². The number of ether oxygens (including phenoxy) is 2. The summed E-state index contributed by atoms with van der Waals surface area (Å²) in [5.41, 5.74) is 0. The van der Waals surface area contributed by atoms with E-state index in [2.05, 4.69) is 20.9 Å². The zero-order valence-electron chi connectivity index (χ0n) is 14.8. The van der Waals surface area contributed by atoms with Crippen molar-refractivity contribution < 1.29 is 14.3 Å². The van der Waals surface area contributed by atoms with E-state index in [4.69, 9.17) is 9.47 Å². The van der Waals surface area contributed by atoms with E-state index in [-0.39, 0.29) is 12.0 Å². The van der Waals surface area contributed by atoms with Crippen LogP contribution in [0.2, 0.25) is 0 Å². The number of guanidine groups is 1. The molecule has 1 aliphatic carbocycles. The second-order valence-corrected chi connectivity index (χ2v) is 6.43. The lowest BCUT2D eigenvalue weighted by molar-refractivity contribution is -0.121. The summed E-state index contributed by atoms with van der Waals surface area (Å²) >= 11 is 0. The molecule has 0 aromatic carbocycles. The van der Waals surface area contributed by atoms with Crippen LogP contribution in [-0.4, -0.2) is 64.0 Å². The predicted molar refractivity (Wildman–Crippen MR) is 94.2 cm³/mol. The molecule has 1 saturated heterocycles. The Morgan fingerprint density at radius 1 is 1.21 bits per heavy atom. The molecule has 1 amide bonds. The Balaban J connectivity index is 1.46. The third-order valence-corrected chi connectivity index (χ3v) is 4.44. The lowest BCUT2D eigenvalue weighted by atomic mass is 10.2. The molecule has 0 aromatic rings. The first-order valence-electron chi connectivity index (χ1n) is 9.21. The van der Waals surface area contributed by atoms with Gasteiger partial charge in [-0.1, -0.05) is 12.8 Å². The van der Waals surface area contributed by atoms with E-state index < -0.39 is 0 Å². The fourth-order valence-corrected chi connectivity index (χ4v) is 3.06. The Kier molecular flexibility index (Phi) is 8.91. The van der Waals surface area contributed by atoms with Crippen molar-refractivity contribution in [2.24, 2.45) is 4.99 Å². The summed E-state index contributed by atoms with van der Waals surface area (Å²) in [7, 11) is 1.74. The third-order valence-electron chi connectivity index (χ3n) is 4.44. The van der Waals surface area contributed by atoms with Gasteiger partial charge in [-0.25, -0.2) is 0 Å². The van der Waals surface area contributed by atoms with Gasteiger partial charge in [0.05, 0.1) is 12.7 Å². The van der Waals surface area contributed by atoms with E-state index in [1.165, 1.54) is 12.8 Å². The molecule has 2 fully saturated rings. The topological polar surface area (TPSA) is 84.0 Å². The molecule has 7 nitrogen and oxygen atoms in total. The van der Waals surface area contributed by atoms with Crippen LogP contribution in [-0.2, 0) is 14.3 Å². The van der Waals surface area contributed by atoms with E-state index in [1.807, 2.05) is 0 Å². The van der Waals surface area contributed by atoms with E-state index >= 15 is 0 Å². The highest BCUT2D eigenvalue weighted by molar-refractivity contribution is 5.81. The van der Waals surface area contributed by atoms with E-state index in [9.17, 15) is 4.79 Å². The minimum absolute atomic E-state index is 0.122. The molecule has 2 aliphatic rings. The third kappa shape index (κ3) is 7.49. The van der Waals surface area contributed by atoms with Crippen molar-refractivity contribution in [3.63, 3.8) is 0 Å². The minimum atomic E-state index is 0.122. The number of aliphatic imine (C=N–C) groups is 1. The number of hydrogen-bond donors (Lipinski definition) is 3. The molecule has 0 aromatic heterocycles. The molecular formula is C17H32N4O3. The second kappa shape index (κ2) is 11.3. The lowest BCUT2D eigenvalue weighted by Gasteiger charge is -2.14. The van der Waals surface area contributed by atoms with Crippen LogP contribution >= 0.6 is 0 Å². The Morgan fingerprint density at radius 2 is 2.00 bits per heavy atom. The smallest absolute Gasteiger partial charge is 0.221 e. The van der Waals surface area contributed by atoms with Gasteiger partial charge in [-0.15, -0.1) is 0 Å².